The minimum atomic E-state index is -2.32. The highest BCUT2D eigenvalue weighted by Gasteiger charge is 2.28. The van der Waals surface area contributed by atoms with Gasteiger partial charge in [-0.05, 0) is 18.2 Å². The molecular formula is C15H10F5NO2. The van der Waals surface area contributed by atoms with E-state index >= 15 is 0 Å². The summed E-state index contributed by atoms with van der Waals surface area (Å²) >= 11 is 0. The molecule has 0 atom stereocenters. The maximum atomic E-state index is 13.5. The summed E-state index contributed by atoms with van der Waals surface area (Å²) in [5.41, 5.74) is 0.469. The highest BCUT2D eigenvalue weighted by atomic mass is 19.2. The van der Waals surface area contributed by atoms with E-state index in [1.165, 1.54) is 18.2 Å². The second kappa shape index (κ2) is 6.23. The van der Waals surface area contributed by atoms with E-state index in [1.54, 1.807) is 25.1 Å². The van der Waals surface area contributed by atoms with E-state index in [0.29, 0.717) is 5.69 Å². The minimum absolute atomic E-state index is 0.111. The average Bonchev–Trinajstić information content (AvgIpc) is 2.55. The number of hydrogen-bond donors (Lipinski definition) is 0. The normalized spacial score (nSPS) is 10.6. The summed E-state index contributed by atoms with van der Waals surface area (Å²) in [6.45, 7) is 0. The van der Waals surface area contributed by atoms with Gasteiger partial charge < -0.3 is 9.64 Å². The third-order valence-corrected chi connectivity index (χ3v) is 2.96. The van der Waals surface area contributed by atoms with Gasteiger partial charge in [0.15, 0.2) is 0 Å². The van der Waals surface area contributed by atoms with E-state index in [1.807, 2.05) is 0 Å². The lowest BCUT2D eigenvalue weighted by Crippen LogP contribution is -2.15. The molecule has 0 amide bonds. The molecule has 8 heteroatoms. The number of ether oxygens (including phenoxy) is 1. The molecule has 0 radical (unpaired) electrons. The number of carbonyl (C=O) groups excluding carboxylic acids is 1. The van der Waals surface area contributed by atoms with Gasteiger partial charge in [0, 0.05) is 19.8 Å². The van der Waals surface area contributed by atoms with Gasteiger partial charge in [0.05, 0.1) is 5.56 Å². The van der Waals surface area contributed by atoms with E-state index < -0.39 is 40.8 Å². The zero-order valence-corrected chi connectivity index (χ0v) is 12.0. The maximum Gasteiger partial charge on any atom is 0.343 e. The molecule has 0 N–H and O–H groups in total. The van der Waals surface area contributed by atoms with Gasteiger partial charge in [0.1, 0.15) is 0 Å². The molecule has 0 aliphatic rings. The van der Waals surface area contributed by atoms with Gasteiger partial charge in [-0.15, -0.1) is 0 Å². The number of hydrogen-bond acceptors (Lipinski definition) is 3. The van der Waals surface area contributed by atoms with Crippen LogP contribution in [-0.4, -0.2) is 20.1 Å². The standard InChI is InChI=1S/C15H10F5NO2/c1-21(2)8-5-3-4-7(6-8)15(22)23-14-12(19)10(17)9(16)11(18)13(14)20/h3-6H,1-2H3. The smallest absolute Gasteiger partial charge is 0.343 e. The molecule has 0 aromatic heterocycles. The molecule has 0 unspecified atom stereocenters. The van der Waals surface area contributed by atoms with Crippen LogP contribution in [-0.2, 0) is 0 Å². The van der Waals surface area contributed by atoms with E-state index in [9.17, 15) is 26.7 Å². The predicted octanol–water partition coefficient (Wildman–Crippen LogP) is 3.67. The lowest BCUT2D eigenvalue weighted by Gasteiger charge is -2.13. The van der Waals surface area contributed by atoms with Crippen molar-refractivity contribution < 1.29 is 31.5 Å². The molecule has 122 valence electrons. The molecule has 2 rings (SSSR count). The number of rotatable bonds is 3. The van der Waals surface area contributed by atoms with Crippen LogP contribution in [0.25, 0.3) is 0 Å². The molecule has 0 heterocycles. The van der Waals surface area contributed by atoms with E-state index in [2.05, 4.69) is 4.74 Å². The predicted molar refractivity (Wildman–Crippen MR) is 72.0 cm³/mol. The lowest BCUT2D eigenvalue weighted by molar-refractivity contribution is 0.0716. The van der Waals surface area contributed by atoms with E-state index in [-0.39, 0.29) is 5.56 Å². The summed E-state index contributed by atoms with van der Waals surface area (Å²) in [6.07, 6.45) is 0. The molecule has 0 saturated carbocycles. The Balaban J connectivity index is 2.40. The molecule has 0 aliphatic carbocycles. The summed E-state index contributed by atoms with van der Waals surface area (Å²) in [5.74, 6) is -14.0. The first-order chi connectivity index (χ1) is 10.7. The van der Waals surface area contributed by atoms with Gasteiger partial charge in [0.25, 0.3) is 0 Å². The molecule has 2 aromatic rings. The number of carbonyl (C=O) groups is 1. The fourth-order valence-electron chi connectivity index (χ4n) is 1.74. The summed E-state index contributed by atoms with van der Waals surface area (Å²) < 4.78 is 70.4. The molecule has 0 spiro atoms. The first-order valence-electron chi connectivity index (χ1n) is 6.25. The first-order valence-corrected chi connectivity index (χ1v) is 6.25. The van der Waals surface area contributed by atoms with Crippen molar-refractivity contribution in [2.45, 2.75) is 0 Å². The third-order valence-electron chi connectivity index (χ3n) is 2.96. The Morgan fingerprint density at radius 1 is 0.913 bits per heavy atom. The zero-order valence-electron chi connectivity index (χ0n) is 12.0. The monoisotopic (exact) mass is 331 g/mol. The van der Waals surface area contributed by atoms with Crippen molar-refractivity contribution >= 4 is 11.7 Å². The van der Waals surface area contributed by atoms with Crippen molar-refractivity contribution in [2.75, 3.05) is 19.0 Å². The van der Waals surface area contributed by atoms with Crippen molar-refractivity contribution in [1.29, 1.82) is 0 Å². The van der Waals surface area contributed by atoms with E-state index in [0.717, 1.165) is 0 Å². The zero-order chi connectivity index (χ0) is 17.3. The minimum Gasteiger partial charge on any atom is -0.416 e. The van der Waals surface area contributed by atoms with Gasteiger partial charge in [-0.3, -0.25) is 0 Å². The summed E-state index contributed by atoms with van der Waals surface area (Å²) in [5, 5.41) is 0. The topological polar surface area (TPSA) is 29.5 Å². The number of esters is 1. The third kappa shape index (κ3) is 3.10. The summed E-state index contributed by atoms with van der Waals surface area (Å²) in [7, 11) is 3.38. The average molecular weight is 331 g/mol. The van der Waals surface area contributed by atoms with Crippen LogP contribution in [0.15, 0.2) is 24.3 Å². The number of anilines is 1. The Bertz CT molecular complexity index is 748. The Labute approximate surface area is 127 Å². The van der Waals surface area contributed by atoms with Gasteiger partial charge in [-0.25, -0.2) is 18.0 Å². The Hall–Kier alpha value is -2.64. The second-order valence-corrected chi connectivity index (χ2v) is 4.73. The largest absolute Gasteiger partial charge is 0.416 e. The fourth-order valence-corrected chi connectivity index (χ4v) is 1.74. The van der Waals surface area contributed by atoms with Crippen molar-refractivity contribution in [1.82, 2.24) is 0 Å². The fraction of sp³-hybridized carbons (Fsp3) is 0.133. The number of nitrogens with zero attached hydrogens (tertiary/aromatic N) is 1. The van der Waals surface area contributed by atoms with Crippen LogP contribution in [0.4, 0.5) is 27.6 Å². The summed E-state index contributed by atoms with van der Waals surface area (Å²) in [4.78, 5) is 13.5. The molecule has 0 fully saturated rings. The molecular weight excluding hydrogens is 321 g/mol. The first kappa shape index (κ1) is 16.7. The Morgan fingerprint density at radius 2 is 1.43 bits per heavy atom. The van der Waals surface area contributed by atoms with Crippen molar-refractivity contribution in [3.8, 4) is 5.75 Å². The van der Waals surface area contributed by atoms with Crippen LogP contribution in [0.2, 0.25) is 0 Å². The highest BCUT2D eigenvalue weighted by molar-refractivity contribution is 5.92. The SMILES string of the molecule is CN(C)c1cccc(C(=O)Oc2c(F)c(F)c(F)c(F)c2F)c1. The summed E-state index contributed by atoms with van der Waals surface area (Å²) in [6, 6.07) is 5.75. The quantitative estimate of drug-likeness (QED) is 0.283. The number of benzene rings is 2. The molecule has 2 aromatic carbocycles. The Morgan fingerprint density at radius 3 is 1.96 bits per heavy atom. The van der Waals surface area contributed by atoms with E-state index in [4.69, 9.17) is 0 Å². The number of halogens is 5. The van der Waals surface area contributed by atoms with Crippen LogP contribution >= 0.6 is 0 Å². The van der Waals surface area contributed by atoms with Gasteiger partial charge in [0.2, 0.25) is 34.8 Å². The van der Waals surface area contributed by atoms with Crippen molar-refractivity contribution in [3.05, 3.63) is 58.9 Å². The molecule has 0 bridgehead atoms. The van der Waals surface area contributed by atoms with Gasteiger partial charge in [-0.1, -0.05) is 6.07 Å². The second-order valence-electron chi connectivity index (χ2n) is 4.73. The molecule has 0 aliphatic heterocycles. The van der Waals surface area contributed by atoms with Crippen LogP contribution in [0.5, 0.6) is 5.75 Å². The molecule has 23 heavy (non-hydrogen) atoms. The molecule has 3 nitrogen and oxygen atoms in total. The highest BCUT2D eigenvalue weighted by Crippen LogP contribution is 2.29. The van der Waals surface area contributed by atoms with Crippen molar-refractivity contribution in [2.24, 2.45) is 0 Å². The van der Waals surface area contributed by atoms with Gasteiger partial charge in [-0.2, -0.15) is 8.78 Å². The molecule has 0 saturated heterocycles. The lowest BCUT2D eigenvalue weighted by atomic mass is 10.2. The van der Waals surface area contributed by atoms with Crippen molar-refractivity contribution in [3.63, 3.8) is 0 Å². The van der Waals surface area contributed by atoms with Gasteiger partial charge >= 0.3 is 5.97 Å². The Kier molecular flexibility index (Phi) is 4.53. The van der Waals surface area contributed by atoms with Crippen LogP contribution in [0.3, 0.4) is 0 Å². The van der Waals surface area contributed by atoms with Crippen LogP contribution in [0, 0.1) is 29.1 Å². The van der Waals surface area contributed by atoms with Crippen LogP contribution < -0.4 is 9.64 Å². The maximum absolute atomic E-state index is 13.5. The van der Waals surface area contributed by atoms with Crippen LogP contribution in [0.1, 0.15) is 10.4 Å².